The molecule has 6 nitrogen and oxygen atoms in total. The number of halogens is 2. The molecule has 9 heteroatoms. The van der Waals surface area contributed by atoms with Crippen LogP contribution in [0.5, 0.6) is 0 Å². The van der Waals surface area contributed by atoms with E-state index in [0.29, 0.717) is 11.0 Å². The van der Waals surface area contributed by atoms with E-state index < -0.39 is 10.0 Å². The number of anilines is 1. The van der Waals surface area contributed by atoms with Gasteiger partial charge in [-0.1, -0.05) is 29.3 Å². The normalized spacial score (nSPS) is 11.8. The van der Waals surface area contributed by atoms with Gasteiger partial charge in [0.1, 0.15) is 0 Å². The fraction of sp³-hybridized carbons (Fsp3) is 0.133. The Morgan fingerprint density at radius 1 is 1.00 bits per heavy atom. The molecule has 0 aliphatic rings. The molecule has 0 amide bonds. The molecule has 0 atom stereocenters. The number of nitrogens with one attached hydrogen (secondary N) is 1. The van der Waals surface area contributed by atoms with Crippen LogP contribution >= 0.6 is 23.2 Å². The van der Waals surface area contributed by atoms with Crippen molar-refractivity contribution in [3.05, 3.63) is 56.9 Å². The molecular formula is C15H13Cl2N3O3S. The van der Waals surface area contributed by atoms with Gasteiger partial charge in [-0.3, -0.25) is 13.9 Å². The van der Waals surface area contributed by atoms with Gasteiger partial charge in [0.15, 0.2) is 0 Å². The second kappa shape index (κ2) is 5.84. The number of sulfonamides is 1. The van der Waals surface area contributed by atoms with E-state index in [1.165, 1.54) is 27.3 Å². The van der Waals surface area contributed by atoms with Crippen LogP contribution in [0.3, 0.4) is 0 Å². The highest BCUT2D eigenvalue weighted by Crippen LogP contribution is 2.31. The predicted molar refractivity (Wildman–Crippen MR) is 95.4 cm³/mol. The van der Waals surface area contributed by atoms with E-state index >= 15 is 0 Å². The molecule has 1 N–H and O–H groups in total. The number of imidazole rings is 1. The Kier molecular flexibility index (Phi) is 4.11. The zero-order chi connectivity index (χ0) is 17.6. The first-order chi connectivity index (χ1) is 11.2. The van der Waals surface area contributed by atoms with Crippen molar-refractivity contribution in [2.24, 2.45) is 14.1 Å². The molecule has 0 spiro atoms. The summed E-state index contributed by atoms with van der Waals surface area (Å²) >= 11 is 11.9. The van der Waals surface area contributed by atoms with Crippen LogP contribution in [0.1, 0.15) is 0 Å². The molecule has 0 unspecified atom stereocenters. The molecule has 3 aromatic rings. The monoisotopic (exact) mass is 385 g/mol. The van der Waals surface area contributed by atoms with Gasteiger partial charge in [-0.2, -0.15) is 0 Å². The van der Waals surface area contributed by atoms with Crippen LogP contribution in [0.4, 0.5) is 5.69 Å². The van der Waals surface area contributed by atoms with Gasteiger partial charge in [0.25, 0.3) is 10.0 Å². The highest BCUT2D eigenvalue weighted by molar-refractivity contribution is 7.92. The summed E-state index contributed by atoms with van der Waals surface area (Å²) in [5.41, 5.74) is 1.11. The maximum atomic E-state index is 12.6. The zero-order valence-electron chi connectivity index (χ0n) is 12.7. The second-order valence-corrected chi connectivity index (χ2v) is 7.73. The summed E-state index contributed by atoms with van der Waals surface area (Å²) in [6, 6.07) is 9.14. The fourth-order valence-electron chi connectivity index (χ4n) is 2.44. The molecule has 0 radical (unpaired) electrons. The maximum absolute atomic E-state index is 12.6. The topological polar surface area (TPSA) is 73.1 Å². The number of fused-ring (bicyclic) bond motifs is 1. The minimum Gasteiger partial charge on any atom is -0.295 e. The molecular weight excluding hydrogens is 373 g/mol. The van der Waals surface area contributed by atoms with Crippen LogP contribution in [0.25, 0.3) is 11.0 Å². The molecule has 0 saturated carbocycles. The Labute approximate surface area is 148 Å². The molecule has 24 heavy (non-hydrogen) atoms. The van der Waals surface area contributed by atoms with Crippen LogP contribution in [0, 0.1) is 0 Å². The van der Waals surface area contributed by atoms with Crippen molar-refractivity contribution >= 4 is 49.9 Å². The number of hydrogen-bond donors (Lipinski definition) is 1. The number of aromatic nitrogens is 2. The van der Waals surface area contributed by atoms with Crippen molar-refractivity contribution in [3.63, 3.8) is 0 Å². The average Bonchev–Trinajstić information content (AvgIpc) is 2.76. The quantitative estimate of drug-likeness (QED) is 0.752. The molecule has 0 aliphatic heterocycles. The molecule has 1 aromatic heterocycles. The standard InChI is InChI=1S/C15H13Cl2N3O3S/c1-19-12-7-6-9(8-13(12)20(2)15(19)21)24(22,23)18-11-5-3-4-10(16)14(11)17/h3-8,18H,1-2H3. The van der Waals surface area contributed by atoms with Crippen molar-refractivity contribution in [3.8, 4) is 0 Å². The van der Waals surface area contributed by atoms with Crippen LogP contribution in [0.2, 0.25) is 10.0 Å². The van der Waals surface area contributed by atoms with E-state index in [-0.39, 0.29) is 26.3 Å². The van der Waals surface area contributed by atoms with E-state index in [0.717, 1.165) is 0 Å². The second-order valence-electron chi connectivity index (χ2n) is 5.26. The van der Waals surface area contributed by atoms with E-state index in [2.05, 4.69) is 4.72 Å². The summed E-state index contributed by atoms with van der Waals surface area (Å²) in [4.78, 5) is 12.0. The lowest BCUT2D eigenvalue weighted by atomic mass is 10.3. The third-order valence-corrected chi connectivity index (χ3v) is 5.93. The van der Waals surface area contributed by atoms with Gasteiger partial charge in [0.2, 0.25) is 0 Å². The van der Waals surface area contributed by atoms with Crippen molar-refractivity contribution < 1.29 is 8.42 Å². The molecule has 2 aromatic carbocycles. The largest absolute Gasteiger partial charge is 0.328 e. The Balaban J connectivity index is 2.10. The van der Waals surface area contributed by atoms with Crippen molar-refractivity contribution in [2.75, 3.05) is 4.72 Å². The van der Waals surface area contributed by atoms with E-state index in [1.807, 2.05) is 0 Å². The van der Waals surface area contributed by atoms with Gasteiger partial charge in [0.05, 0.1) is 31.7 Å². The summed E-state index contributed by atoms with van der Waals surface area (Å²) in [6.07, 6.45) is 0. The molecule has 0 aliphatic carbocycles. The number of nitrogens with zero attached hydrogens (tertiary/aromatic N) is 2. The molecule has 0 bridgehead atoms. The first-order valence-electron chi connectivity index (χ1n) is 6.84. The lowest BCUT2D eigenvalue weighted by Crippen LogP contribution is -2.19. The van der Waals surface area contributed by atoms with Crippen LogP contribution in [0.15, 0.2) is 46.1 Å². The first kappa shape index (κ1) is 16.9. The average molecular weight is 386 g/mol. The van der Waals surface area contributed by atoms with Crippen LogP contribution < -0.4 is 10.4 Å². The highest BCUT2D eigenvalue weighted by Gasteiger charge is 2.19. The van der Waals surface area contributed by atoms with Gasteiger partial charge < -0.3 is 0 Å². The fourth-order valence-corrected chi connectivity index (χ4v) is 3.94. The van der Waals surface area contributed by atoms with E-state index in [1.54, 1.807) is 32.3 Å². The van der Waals surface area contributed by atoms with Gasteiger partial charge in [0, 0.05) is 14.1 Å². The van der Waals surface area contributed by atoms with Crippen molar-refractivity contribution in [1.29, 1.82) is 0 Å². The molecule has 3 rings (SSSR count). The number of aryl methyl sites for hydroxylation is 2. The smallest absolute Gasteiger partial charge is 0.295 e. The maximum Gasteiger partial charge on any atom is 0.328 e. The Morgan fingerprint density at radius 2 is 1.67 bits per heavy atom. The third-order valence-electron chi connectivity index (χ3n) is 3.75. The van der Waals surface area contributed by atoms with Gasteiger partial charge in [-0.25, -0.2) is 13.2 Å². The number of rotatable bonds is 3. The SMILES string of the molecule is Cn1c(=O)n(C)c2cc(S(=O)(=O)Nc3cccc(Cl)c3Cl)ccc21. The molecule has 1 heterocycles. The van der Waals surface area contributed by atoms with E-state index in [9.17, 15) is 13.2 Å². The summed E-state index contributed by atoms with van der Waals surface area (Å²) in [7, 11) is -0.669. The van der Waals surface area contributed by atoms with Crippen molar-refractivity contribution in [2.45, 2.75) is 4.90 Å². The van der Waals surface area contributed by atoms with Crippen LogP contribution in [-0.4, -0.2) is 17.6 Å². The molecule has 0 saturated heterocycles. The predicted octanol–water partition coefficient (Wildman–Crippen LogP) is 2.98. The first-order valence-corrected chi connectivity index (χ1v) is 9.08. The molecule has 0 fully saturated rings. The minimum absolute atomic E-state index is 0.0206. The highest BCUT2D eigenvalue weighted by atomic mass is 35.5. The van der Waals surface area contributed by atoms with Crippen LogP contribution in [-0.2, 0) is 24.1 Å². The van der Waals surface area contributed by atoms with Gasteiger partial charge in [-0.05, 0) is 30.3 Å². The minimum atomic E-state index is -3.88. The summed E-state index contributed by atoms with van der Waals surface area (Å²) in [5, 5.41) is 0.369. The number of benzene rings is 2. The zero-order valence-corrected chi connectivity index (χ0v) is 15.1. The number of hydrogen-bond acceptors (Lipinski definition) is 3. The summed E-state index contributed by atoms with van der Waals surface area (Å²) < 4.78 is 30.5. The Hall–Kier alpha value is -1.96. The summed E-state index contributed by atoms with van der Waals surface area (Å²) in [6.45, 7) is 0. The lowest BCUT2D eigenvalue weighted by Gasteiger charge is -2.10. The Morgan fingerprint density at radius 3 is 2.38 bits per heavy atom. The third kappa shape index (κ3) is 2.68. The van der Waals surface area contributed by atoms with E-state index in [4.69, 9.17) is 23.2 Å². The van der Waals surface area contributed by atoms with Gasteiger partial charge in [-0.15, -0.1) is 0 Å². The van der Waals surface area contributed by atoms with Gasteiger partial charge >= 0.3 is 5.69 Å². The van der Waals surface area contributed by atoms with Crippen molar-refractivity contribution in [1.82, 2.24) is 9.13 Å². The summed E-state index contributed by atoms with van der Waals surface area (Å²) in [5.74, 6) is 0. The Bertz CT molecular complexity index is 1120. The lowest BCUT2D eigenvalue weighted by molar-refractivity contribution is 0.601. The molecule has 126 valence electrons.